The van der Waals surface area contributed by atoms with Crippen molar-refractivity contribution in [1.29, 1.82) is 0 Å². The second kappa shape index (κ2) is 8.82. The molecule has 150 valence electrons. The summed E-state index contributed by atoms with van der Waals surface area (Å²) in [6.07, 6.45) is 0. The predicted octanol–water partition coefficient (Wildman–Crippen LogP) is 2.73. The number of morpholine rings is 1. The molecule has 1 saturated heterocycles. The van der Waals surface area contributed by atoms with Gasteiger partial charge in [0.2, 0.25) is 5.43 Å². The lowest BCUT2D eigenvalue weighted by atomic mass is 10.1. The highest BCUT2D eigenvalue weighted by Crippen LogP contribution is 2.18. The zero-order valence-electron chi connectivity index (χ0n) is 16.3. The summed E-state index contributed by atoms with van der Waals surface area (Å²) in [6.45, 7) is 6.37. The molecule has 2 aromatic carbocycles. The molecule has 4 rings (SSSR count). The van der Waals surface area contributed by atoms with Crippen LogP contribution >= 0.6 is 11.5 Å². The molecule has 6 nitrogen and oxygen atoms in total. The van der Waals surface area contributed by atoms with Gasteiger partial charge in [-0.3, -0.25) is 14.5 Å². The van der Waals surface area contributed by atoms with Gasteiger partial charge in [-0.25, -0.2) is 0 Å². The summed E-state index contributed by atoms with van der Waals surface area (Å²) in [7, 11) is 0. The Morgan fingerprint density at radius 3 is 2.62 bits per heavy atom. The van der Waals surface area contributed by atoms with Crippen LogP contribution in [0.2, 0.25) is 0 Å². The fraction of sp³-hybridized carbons (Fsp3) is 0.318. The highest BCUT2D eigenvalue weighted by Gasteiger charge is 2.16. The summed E-state index contributed by atoms with van der Waals surface area (Å²) in [6, 6.07) is 13.7. The second-order valence-electron chi connectivity index (χ2n) is 7.25. The van der Waals surface area contributed by atoms with Crippen molar-refractivity contribution in [3.8, 4) is 0 Å². The van der Waals surface area contributed by atoms with Crippen molar-refractivity contribution in [3.63, 3.8) is 0 Å². The number of nitrogens with zero attached hydrogens (tertiary/aromatic N) is 2. The molecule has 1 N–H and O–H groups in total. The van der Waals surface area contributed by atoms with E-state index in [1.165, 1.54) is 11.5 Å². The summed E-state index contributed by atoms with van der Waals surface area (Å²) < 4.78 is 10.3. The van der Waals surface area contributed by atoms with E-state index in [4.69, 9.17) is 4.74 Å². The van der Waals surface area contributed by atoms with E-state index in [1.807, 2.05) is 49.4 Å². The molecule has 29 heavy (non-hydrogen) atoms. The Bertz CT molecular complexity index is 1070. The summed E-state index contributed by atoms with van der Waals surface area (Å²) >= 11 is 1.18. The highest BCUT2D eigenvalue weighted by atomic mass is 32.1. The molecule has 1 amide bonds. The maximum atomic E-state index is 12.9. The summed E-state index contributed by atoms with van der Waals surface area (Å²) in [5, 5.41) is 3.36. The molecule has 7 heteroatoms. The van der Waals surface area contributed by atoms with Crippen molar-refractivity contribution < 1.29 is 9.53 Å². The van der Waals surface area contributed by atoms with Crippen LogP contribution in [-0.4, -0.2) is 41.5 Å². The number of carbonyl (C=O) groups is 1. The van der Waals surface area contributed by atoms with Gasteiger partial charge < -0.3 is 10.1 Å². The van der Waals surface area contributed by atoms with Crippen molar-refractivity contribution >= 4 is 27.5 Å². The maximum absolute atomic E-state index is 12.9. The van der Waals surface area contributed by atoms with E-state index in [-0.39, 0.29) is 11.1 Å². The molecular weight excluding hydrogens is 386 g/mol. The van der Waals surface area contributed by atoms with Crippen LogP contribution in [0.1, 0.15) is 27.2 Å². The monoisotopic (exact) mass is 409 g/mol. The number of hydrogen-bond donors (Lipinski definition) is 1. The van der Waals surface area contributed by atoms with Crippen LogP contribution in [0.25, 0.3) is 10.1 Å². The normalized spacial score (nSPS) is 14.8. The number of fused-ring (bicyclic) bond motifs is 1. The topological polar surface area (TPSA) is 71.5 Å². The first-order valence-electron chi connectivity index (χ1n) is 9.66. The Morgan fingerprint density at radius 2 is 1.86 bits per heavy atom. The molecule has 3 aromatic rings. The van der Waals surface area contributed by atoms with Gasteiger partial charge in [-0.05, 0) is 41.7 Å². The Kier molecular flexibility index (Phi) is 5.99. The second-order valence-corrected chi connectivity index (χ2v) is 8.05. The Labute approximate surface area is 173 Å². The minimum Gasteiger partial charge on any atom is -0.379 e. The quantitative estimate of drug-likeness (QED) is 0.702. The van der Waals surface area contributed by atoms with Crippen molar-refractivity contribution in [2.24, 2.45) is 0 Å². The third-order valence-electron chi connectivity index (χ3n) is 5.04. The van der Waals surface area contributed by atoms with Gasteiger partial charge in [-0.1, -0.05) is 35.9 Å². The van der Waals surface area contributed by atoms with E-state index < -0.39 is 5.91 Å². The molecule has 0 spiro atoms. The Hall–Kier alpha value is -2.61. The third-order valence-corrected chi connectivity index (χ3v) is 5.86. The van der Waals surface area contributed by atoms with Crippen molar-refractivity contribution in [2.75, 3.05) is 26.3 Å². The number of nitrogens with one attached hydrogen (secondary N) is 1. The standard InChI is InChI=1S/C22H23N3O3S/c1-15-2-4-16(5-3-15)13-23-22(27)20-21(26)18-12-17(6-7-19(18)29-24-20)14-25-8-10-28-11-9-25/h2-7,12H,8-11,13-14H2,1H3,(H,23,27). The van der Waals surface area contributed by atoms with Gasteiger partial charge in [-0.15, -0.1) is 0 Å². The molecule has 0 aliphatic carbocycles. The fourth-order valence-corrected chi connectivity index (χ4v) is 4.06. The van der Waals surface area contributed by atoms with E-state index in [2.05, 4.69) is 14.6 Å². The minimum absolute atomic E-state index is 0.0434. The number of aromatic nitrogens is 1. The molecular formula is C22H23N3O3S. The third kappa shape index (κ3) is 4.70. The molecule has 1 aliphatic heterocycles. The van der Waals surface area contributed by atoms with Crippen LogP contribution in [0, 0.1) is 6.92 Å². The summed E-state index contributed by atoms with van der Waals surface area (Å²) in [5.41, 5.74) is 2.84. The zero-order valence-corrected chi connectivity index (χ0v) is 17.1. The number of aryl methyl sites for hydroxylation is 1. The van der Waals surface area contributed by atoms with Gasteiger partial charge in [0.15, 0.2) is 5.69 Å². The SMILES string of the molecule is Cc1ccc(CNC(=O)c2nsc3ccc(CN4CCOCC4)cc3c2=O)cc1. The fourth-order valence-electron chi connectivity index (χ4n) is 3.33. The molecule has 0 unspecified atom stereocenters. The predicted molar refractivity (Wildman–Crippen MR) is 114 cm³/mol. The number of amides is 1. The van der Waals surface area contributed by atoms with E-state index in [0.717, 1.165) is 54.2 Å². The number of hydrogen-bond acceptors (Lipinski definition) is 6. The van der Waals surface area contributed by atoms with Gasteiger partial charge in [0, 0.05) is 31.6 Å². The van der Waals surface area contributed by atoms with Crippen LogP contribution in [-0.2, 0) is 17.8 Å². The zero-order chi connectivity index (χ0) is 20.2. The first kappa shape index (κ1) is 19.7. The average molecular weight is 410 g/mol. The van der Waals surface area contributed by atoms with Crippen LogP contribution in [0.3, 0.4) is 0 Å². The number of carbonyl (C=O) groups excluding carboxylic acids is 1. The maximum Gasteiger partial charge on any atom is 0.275 e. The summed E-state index contributed by atoms with van der Waals surface area (Å²) in [4.78, 5) is 27.8. The highest BCUT2D eigenvalue weighted by molar-refractivity contribution is 7.12. The summed E-state index contributed by atoms with van der Waals surface area (Å²) in [5.74, 6) is -0.438. The van der Waals surface area contributed by atoms with Crippen LogP contribution in [0.4, 0.5) is 0 Å². The van der Waals surface area contributed by atoms with Gasteiger partial charge >= 0.3 is 0 Å². The van der Waals surface area contributed by atoms with Crippen molar-refractivity contribution in [2.45, 2.75) is 20.0 Å². The number of ether oxygens (including phenoxy) is 1. The minimum atomic E-state index is -0.438. The van der Waals surface area contributed by atoms with Gasteiger partial charge in [0.25, 0.3) is 5.91 Å². The van der Waals surface area contributed by atoms with E-state index >= 15 is 0 Å². The molecule has 1 aliphatic rings. The van der Waals surface area contributed by atoms with E-state index in [0.29, 0.717) is 11.9 Å². The molecule has 1 aromatic heterocycles. The molecule has 0 bridgehead atoms. The van der Waals surface area contributed by atoms with E-state index in [1.54, 1.807) is 0 Å². The van der Waals surface area contributed by atoms with Gasteiger partial charge in [0.05, 0.1) is 17.9 Å². The van der Waals surface area contributed by atoms with Crippen molar-refractivity contribution in [3.05, 3.63) is 75.1 Å². The van der Waals surface area contributed by atoms with Crippen LogP contribution < -0.4 is 10.7 Å². The van der Waals surface area contributed by atoms with Gasteiger partial charge in [-0.2, -0.15) is 4.37 Å². The molecule has 1 fully saturated rings. The molecule has 0 atom stereocenters. The Morgan fingerprint density at radius 1 is 1.14 bits per heavy atom. The van der Waals surface area contributed by atoms with Crippen LogP contribution in [0.5, 0.6) is 0 Å². The molecule has 0 saturated carbocycles. The smallest absolute Gasteiger partial charge is 0.275 e. The lowest BCUT2D eigenvalue weighted by Gasteiger charge is -2.26. The molecule has 0 radical (unpaired) electrons. The van der Waals surface area contributed by atoms with Crippen LogP contribution in [0.15, 0.2) is 47.3 Å². The first-order chi connectivity index (χ1) is 14.1. The Balaban J connectivity index is 1.52. The first-order valence-corrected chi connectivity index (χ1v) is 10.4. The number of rotatable bonds is 5. The largest absolute Gasteiger partial charge is 0.379 e. The lowest BCUT2D eigenvalue weighted by Crippen LogP contribution is -2.35. The van der Waals surface area contributed by atoms with Crippen molar-refractivity contribution in [1.82, 2.24) is 14.6 Å². The average Bonchev–Trinajstić information content (AvgIpc) is 2.74. The van der Waals surface area contributed by atoms with Gasteiger partial charge in [0.1, 0.15) is 0 Å². The van der Waals surface area contributed by atoms with E-state index in [9.17, 15) is 9.59 Å². The lowest BCUT2D eigenvalue weighted by molar-refractivity contribution is 0.0342. The number of benzene rings is 2. The molecule has 2 heterocycles.